The highest BCUT2D eigenvalue weighted by Gasteiger charge is 2.23. The average molecular weight is 288 g/mol. The number of hydrogen-bond acceptors (Lipinski definition) is 2. The Morgan fingerprint density at radius 2 is 2.14 bits per heavy atom. The molecule has 0 saturated carbocycles. The first-order valence-electron chi connectivity index (χ1n) is 3.27. The molecular formula is C7H2BrClF3NO. The Balaban J connectivity index is 3.41. The second-order valence-electron chi connectivity index (χ2n) is 2.27. The molecule has 0 aliphatic rings. The van der Waals surface area contributed by atoms with Gasteiger partial charge in [0.2, 0.25) is 0 Å². The van der Waals surface area contributed by atoms with Crippen molar-refractivity contribution in [2.75, 3.05) is 0 Å². The van der Waals surface area contributed by atoms with Crippen LogP contribution in [0.15, 0.2) is 10.8 Å². The van der Waals surface area contributed by atoms with Crippen LogP contribution in [0.25, 0.3) is 0 Å². The number of pyridine rings is 1. The maximum atomic E-state index is 13.2. The van der Waals surface area contributed by atoms with E-state index >= 15 is 0 Å². The van der Waals surface area contributed by atoms with Gasteiger partial charge in [-0.2, -0.15) is 0 Å². The predicted octanol–water partition coefficient (Wildman–Crippen LogP) is 3.30. The molecule has 0 aliphatic heterocycles. The van der Waals surface area contributed by atoms with E-state index in [4.69, 9.17) is 11.6 Å². The minimum atomic E-state index is -3.04. The quantitative estimate of drug-likeness (QED) is 0.617. The summed E-state index contributed by atoms with van der Waals surface area (Å²) in [6, 6.07) is 0. The minimum Gasteiger partial charge on any atom is -0.275 e. The maximum absolute atomic E-state index is 13.2. The number of carbonyl (C=O) groups is 1. The van der Waals surface area contributed by atoms with Crippen LogP contribution in [0.3, 0.4) is 0 Å². The molecule has 0 amide bonds. The van der Waals surface area contributed by atoms with E-state index < -0.39 is 28.6 Å². The van der Waals surface area contributed by atoms with Crippen LogP contribution in [0.5, 0.6) is 0 Å². The van der Waals surface area contributed by atoms with Gasteiger partial charge < -0.3 is 0 Å². The van der Waals surface area contributed by atoms with Crippen molar-refractivity contribution in [3.05, 3.63) is 27.7 Å². The zero-order valence-electron chi connectivity index (χ0n) is 6.40. The van der Waals surface area contributed by atoms with Crippen LogP contribution in [-0.2, 0) is 0 Å². The smallest absolute Gasteiger partial charge is 0.268 e. The van der Waals surface area contributed by atoms with E-state index in [1.807, 2.05) is 0 Å². The third-order valence-electron chi connectivity index (χ3n) is 1.43. The molecule has 2 nitrogen and oxygen atoms in total. The van der Waals surface area contributed by atoms with Crippen molar-refractivity contribution in [3.63, 3.8) is 0 Å². The SMILES string of the molecule is O=C(Cl)c1c(Br)ncc(C(F)F)c1F. The number of carbonyl (C=O) groups excluding carboxylic acids is 1. The molecule has 1 aromatic heterocycles. The number of aromatic nitrogens is 1. The van der Waals surface area contributed by atoms with Crippen LogP contribution in [0.1, 0.15) is 22.3 Å². The van der Waals surface area contributed by atoms with Gasteiger partial charge in [-0.1, -0.05) is 0 Å². The Hall–Kier alpha value is -0.620. The Bertz CT molecular complexity index is 385. The predicted molar refractivity (Wildman–Crippen MR) is 47.0 cm³/mol. The van der Waals surface area contributed by atoms with Gasteiger partial charge in [-0.3, -0.25) is 4.79 Å². The van der Waals surface area contributed by atoms with E-state index in [2.05, 4.69) is 20.9 Å². The van der Waals surface area contributed by atoms with Crippen molar-refractivity contribution >= 4 is 32.8 Å². The summed E-state index contributed by atoms with van der Waals surface area (Å²) in [4.78, 5) is 14.0. The van der Waals surface area contributed by atoms with E-state index in [0.717, 1.165) is 0 Å². The lowest BCUT2D eigenvalue weighted by atomic mass is 10.2. The highest BCUT2D eigenvalue weighted by Crippen LogP contribution is 2.27. The number of nitrogens with zero attached hydrogens (tertiary/aromatic N) is 1. The molecule has 7 heteroatoms. The zero-order chi connectivity index (χ0) is 10.9. The monoisotopic (exact) mass is 287 g/mol. The molecule has 1 rings (SSSR count). The van der Waals surface area contributed by atoms with E-state index in [0.29, 0.717) is 6.20 Å². The number of alkyl halides is 2. The van der Waals surface area contributed by atoms with Gasteiger partial charge >= 0.3 is 0 Å². The fourth-order valence-electron chi connectivity index (χ4n) is 0.802. The second kappa shape index (κ2) is 4.27. The van der Waals surface area contributed by atoms with Gasteiger partial charge in [0.1, 0.15) is 16.0 Å². The van der Waals surface area contributed by atoms with Gasteiger partial charge in [0, 0.05) is 6.20 Å². The molecule has 0 radical (unpaired) electrons. The molecule has 0 N–H and O–H groups in total. The fraction of sp³-hybridized carbons (Fsp3) is 0.143. The first kappa shape index (κ1) is 11.5. The number of halogens is 5. The minimum absolute atomic E-state index is 0.195. The van der Waals surface area contributed by atoms with E-state index in [9.17, 15) is 18.0 Å². The Labute approximate surface area is 90.2 Å². The van der Waals surface area contributed by atoms with Crippen molar-refractivity contribution in [2.24, 2.45) is 0 Å². The molecule has 1 heterocycles. The molecule has 0 unspecified atom stereocenters. The molecule has 1 aromatic rings. The van der Waals surface area contributed by atoms with Crippen molar-refractivity contribution in [1.82, 2.24) is 4.98 Å². The molecule has 76 valence electrons. The van der Waals surface area contributed by atoms with Crippen LogP contribution in [0.4, 0.5) is 13.2 Å². The van der Waals surface area contributed by atoms with Gasteiger partial charge in [-0.15, -0.1) is 0 Å². The van der Waals surface area contributed by atoms with Crippen LogP contribution in [0, 0.1) is 5.82 Å². The highest BCUT2D eigenvalue weighted by atomic mass is 79.9. The third-order valence-corrected chi connectivity index (χ3v) is 2.22. The van der Waals surface area contributed by atoms with Gasteiger partial charge in [0.25, 0.3) is 11.7 Å². The van der Waals surface area contributed by atoms with Crippen LogP contribution in [-0.4, -0.2) is 10.2 Å². The standard InChI is InChI=1S/C7H2BrClF3NO/c8-5-3(6(9)14)4(10)2(1-13-5)7(11)12/h1,7H. The molecule has 0 saturated heterocycles. The van der Waals surface area contributed by atoms with E-state index in [1.54, 1.807) is 0 Å². The first-order valence-corrected chi connectivity index (χ1v) is 4.44. The molecule has 0 aliphatic carbocycles. The van der Waals surface area contributed by atoms with E-state index in [1.165, 1.54) is 0 Å². The Morgan fingerprint density at radius 1 is 1.57 bits per heavy atom. The lowest BCUT2D eigenvalue weighted by Gasteiger charge is -2.05. The summed E-state index contributed by atoms with van der Waals surface area (Å²) in [5.74, 6) is -1.35. The normalized spacial score (nSPS) is 10.7. The van der Waals surface area contributed by atoms with Crippen molar-refractivity contribution < 1.29 is 18.0 Å². The summed E-state index contributed by atoms with van der Waals surface area (Å²) >= 11 is 7.73. The summed E-state index contributed by atoms with van der Waals surface area (Å²) in [6.07, 6.45) is -2.39. The van der Waals surface area contributed by atoms with Crippen molar-refractivity contribution in [3.8, 4) is 0 Å². The van der Waals surface area contributed by atoms with Gasteiger partial charge in [-0.25, -0.2) is 18.2 Å². The summed E-state index contributed by atoms with van der Waals surface area (Å²) in [7, 11) is 0. The second-order valence-corrected chi connectivity index (χ2v) is 3.36. The summed E-state index contributed by atoms with van der Waals surface area (Å²) < 4.78 is 37.3. The maximum Gasteiger partial charge on any atom is 0.268 e. The first-order chi connectivity index (χ1) is 6.45. The molecule has 0 atom stereocenters. The van der Waals surface area contributed by atoms with Crippen molar-refractivity contribution in [1.29, 1.82) is 0 Å². The van der Waals surface area contributed by atoms with E-state index in [-0.39, 0.29) is 4.60 Å². The molecule has 14 heavy (non-hydrogen) atoms. The fourth-order valence-corrected chi connectivity index (χ4v) is 1.54. The summed E-state index contributed by atoms with van der Waals surface area (Å²) in [6.45, 7) is 0. The largest absolute Gasteiger partial charge is 0.275 e. The topological polar surface area (TPSA) is 30.0 Å². The van der Waals surface area contributed by atoms with Gasteiger partial charge in [0.15, 0.2) is 0 Å². The van der Waals surface area contributed by atoms with Crippen LogP contribution in [0.2, 0.25) is 0 Å². The number of hydrogen-bond donors (Lipinski definition) is 0. The number of rotatable bonds is 2. The van der Waals surface area contributed by atoms with Crippen LogP contribution >= 0.6 is 27.5 Å². The summed E-state index contributed by atoms with van der Waals surface area (Å²) in [5.41, 5.74) is -1.62. The van der Waals surface area contributed by atoms with Gasteiger partial charge in [-0.05, 0) is 27.5 Å². The van der Waals surface area contributed by atoms with Crippen molar-refractivity contribution in [2.45, 2.75) is 6.43 Å². The summed E-state index contributed by atoms with van der Waals surface area (Å²) in [5, 5.41) is -1.18. The molecule has 0 fully saturated rings. The Kier molecular flexibility index (Phi) is 3.49. The molecular weight excluding hydrogens is 286 g/mol. The third kappa shape index (κ3) is 2.06. The average Bonchev–Trinajstić information content (AvgIpc) is 2.02. The lowest BCUT2D eigenvalue weighted by molar-refractivity contribution is 0.107. The zero-order valence-corrected chi connectivity index (χ0v) is 8.74. The highest BCUT2D eigenvalue weighted by molar-refractivity contribution is 9.10. The van der Waals surface area contributed by atoms with Crippen LogP contribution < -0.4 is 0 Å². The Morgan fingerprint density at radius 3 is 2.57 bits per heavy atom. The molecule has 0 spiro atoms. The van der Waals surface area contributed by atoms with Gasteiger partial charge in [0.05, 0.1) is 5.56 Å². The molecule has 0 bridgehead atoms. The lowest BCUT2D eigenvalue weighted by Crippen LogP contribution is -2.03. The molecule has 0 aromatic carbocycles.